The van der Waals surface area contributed by atoms with Gasteiger partial charge in [-0.25, -0.2) is 0 Å². The molecule has 1 aromatic carbocycles. The summed E-state index contributed by atoms with van der Waals surface area (Å²) in [6.07, 6.45) is -1.51. The standard InChI is InChI=1S/C9H12O3.C5H12O3/c10-6-8(11)7-12-9-4-2-1-3-5-9;1-2-8-4-5(7)3-6/h1-5,8,10-11H,6-7H2;5-7H,2-4H2,1H3. The van der Waals surface area contributed by atoms with Crippen molar-refractivity contribution in [2.24, 2.45) is 0 Å². The Kier molecular flexibility index (Phi) is 12.1. The van der Waals surface area contributed by atoms with Gasteiger partial charge in [0.15, 0.2) is 0 Å². The lowest BCUT2D eigenvalue weighted by atomic mass is 10.3. The zero-order valence-electron chi connectivity index (χ0n) is 11.7. The fraction of sp³-hybridized carbons (Fsp3) is 0.571. The molecule has 0 radical (unpaired) electrons. The van der Waals surface area contributed by atoms with Crippen LogP contribution in [0.5, 0.6) is 5.75 Å². The highest BCUT2D eigenvalue weighted by atomic mass is 16.5. The van der Waals surface area contributed by atoms with E-state index in [1.165, 1.54) is 0 Å². The van der Waals surface area contributed by atoms with Crippen LogP contribution >= 0.6 is 0 Å². The first-order chi connectivity index (χ1) is 9.63. The molecule has 4 N–H and O–H groups in total. The van der Waals surface area contributed by atoms with Gasteiger partial charge in [-0.3, -0.25) is 0 Å². The summed E-state index contributed by atoms with van der Waals surface area (Å²) in [6, 6.07) is 9.17. The molecule has 0 aromatic heterocycles. The molecular formula is C14H24O6. The molecular weight excluding hydrogens is 264 g/mol. The van der Waals surface area contributed by atoms with Gasteiger partial charge in [-0.15, -0.1) is 0 Å². The molecule has 0 aliphatic rings. The van der Waals surface area contributed by atoms with Crippen LogP contribution in [-0.2, 0) is 4.74 Å². The van der Waals surface area contributed by atoms with Crippen molar-refractivity contribution in [3.8, 4) is 5.75 Å². The van der Waals surface area contributed by atoms with Gasteiger partial charge in [0.25, 0.3) is 0 Å². The number of benzene rings is 1. The minimum atomic E-state index is -0.801. The van der Waals surface area contributed by atoms with E-state index in [-0.39, 0.29) is 26.4 Å². The summed E-state index contributed by atoms with van der Waals surface area (Å²) in [6.45, 7) is 2.28. The number of rotatable bonds is 8. The third kappa shape index (κ3) is 10.7. The highest BCUT2D eigenvalue weighted by molar-refractivity contribution is 5.20. The number of aliphatic hydroxyl groups is 4. The van der Waals surface area contributed by atoms with Crippen molar-refractivity contribution >= 4 is 0 Å². The Bertz CT molecular complexity index is 306. The van der Waals surface area contributed by atoms with E-state index in [9.17, 15) is 0 Å². The molecule has 6 nitrogen and oxygen atoms in total. The average molecular weight is 288 g/mol. The Morgan fingerprint density at radius 3 is 2.00 bits per heavy atom. The number of hydrogen-bond donors (Lipinski definition) is 4. The first kappa shape index (κ1) is 18.8. The molecule has 0 amide bonds. The lowest BCUT2D eigenvalue weighted by molar-refractivity contribution is 0.0104. The smallest absolute Gasteiger partial charge is 0.119 e. The van der Waals surface area contributed by atoms with Gasteiger partial charge in [-0.05, 0) is 19.1 Å². The zero-order valence-corrected chi connectivity index (χ0v) is 11.7. The van der Waals surface area contributed by atoms with Crippen LogP contribution in [0.25, 0.3) is 0 Å². The van der Waals surface area contributed by atoms with Crippen LogP contribution in [0.2, 0.25) is 0 Å². The van der Waals surface area contributed by atoms with Crippen LogP contribution in [0.1, 0.15) is 6.92 Å². The highest BCUT2D eigenvalue weighted by Crippen LogP contribution is 2.08. The SMILES string of the molecule is CCOCC(O)CO.OCC(O)COc1ccccc1. The van der Waals surface area contributed by atoms with Crippen molar-refractivity contribution in [2.45, 2.75) is 19.1 Å². The van der Waals surface area contributed by atoms with Crippen molar-refractivity contribution in [3.63, 3.8) is 0 Å². The average Bonchev–Trinajstić information content (AvgIpc) is 2.51. The van der Waals surface area contributed by atoms with Crippen LogP contribution in [0.4, 0.5) is 0 Å². The number of ether oxygens (including phenoxy) is 2. The first-order valence-electron chi connectivity index (χ1n) is 6.47. The van der Waals surface area contributed by atoms with Gasteiger partial charge in [-0.1, -0.05) is 18.2 Å². The third-order valence-corrected chi connectivity index (χ3v) is 2.12. The Balaban J connectivity index is 0.000000396. The van der Waals surface area contributed by atoms with E-state index < -0.39 is 12.2 Å². The molecule has 0 fully saturated rings. The summed E-state index contributed by atoms with van der Waals surface area (Å²) < 4.78 is 9.92. The lowest BCUT2D eigenvalue weighted by Crippen LogP contribution is -2.21. The quantitative estimate of drug-likeness (QED) is 0.528. The maximum absolute atomic E-state index is 8.94. The monoisotopic (exact) mass is 288 g/mol. The lowest BCUT2D eigenvalue weighted by Gasteiger charge is -2.08. The molecule has 0 saturated heterocycles. The van der Waals surface area contributed by atoms with Crippen LogP contribution in [0.3, 0.4) is 0 Å². The molecule has 0 bridgehead atoms. The predicted octanol–water partition coefficient (Wildman–Crippen LogP) is -0.205. The minimum absolute atomic E-state index is 0.126. The molecule has 2 atom stereocenters. The molecule has 0 spiro atoms. The van der Waals surface area contributed by atoms with Gasteiger partial charge >= 0.3 is 0 Å². The molecule has 116 valence electrons. The zero-order chi connectivity index (χ0) is 15.2. The van der Waals surface area contributed by atoms with Crippen LogP contribution in [-0.4, -0.2) is 65.7 Å². The summed E-state index contributed by atoms with van der Waals surface area (Å²) in [5, 5.41) is 34.3. The summed E-state index contributed by atoms with van der Waals surface area (Å²) >= 11 is 0. The second kappa shape index (κ2) is 12.8. The van der Waals surface area contributed by atoms with Gasteiger partial charge in [0, 0.05) is 6.61 Å². The third-order valence-electron chi connectivity index (χ3n) is 2.12. The Hall–Kier alpha value is -1.18. The van der Waals surface area contributed by atoms with Crippen molar-refractivity contribution in [1.82, 2.24) is 0 Å². The molecule has 0 heterocycles. The Morgan fingerprint density at radius 2 is 1.50 bits per heavy atom. The van der Waals surface area contributed by atoms with Crippen molar-refractivity contribution in [2.75, 3.05) is 33.0 Å². The van der Waals surface area contributed by atoms with E-state index in [0.29, 0.717) is 12.4 Å². The second-order valence-corrected chi connectivity index (χ2v) is 3.96. The van der Waals surface area contributed by atoms with Crippen molar-refractivity contribution in [3.05, 3.63) is 30.3 Å². The Labute approximate surface area is 119 Å². The number of hydrogen-bond acceptors (Lipinski definition) is 6. The van der Waals surface area contributed by atoms with Gasteiger partial charge in [0.05, 0.1) is 19.8 Å². The summed E-state index contributed by atoms with van der Waals surface area (Å²) in [7, 11) is 0. The fourth-order valence-electron chi connectivity index (χ4n) is 1.07. The number of aliphatic hydroxyl groups excluding tert-OH is 4. The van der Waals surface area contributed by atoms with Gasteiger partial charge in [-0.2, -0.15) is 0 Å². The molecule has 0 aliphatic carbocycles. The summed E-state index contributed by atoms with van der Waals surface area (Å²) in [5.41, 5.74) is 0. The molecule has 0 saturated carbocycles. The molecule has 0 aliphatic heterocycles. The van der Waals surface area contributed by atoms with E-state index in [1.807, 2.05) is 25.1 Å². The van der Waals surface area contributed by atoms with Gasteiger partial charge in [0.1, 0.15) is 24.6 Å². The van der Waals surface area contributed by atoms with Crippen molar-refractivity contribution in [1.29, 1.82) is 0 Å². The van der Waals surface area contributed by atoms with Gasteiger partial charge < -0.3 is 29.9 Å². The van der Waals surface area contributed by atoms with Crippen LogP contribution in [0.15, 0.2) is 30.3 Å². The summed E-state index contributed by atoms with van der Waals surface area (Å²) in [4.78, 5) is 0. The van der Waals surface area contributed by atoms with E-state index in [2.05, 4.69) is 0 Å². The van der Waals surface area contributed by atoms with Gasteiger partial charge in [0.2, 0.25) is 0 Å². The topological polar surface area (TPSA) is 99.4 Å². The predicted molar refractivity (Wildman–Crippen MR) is 74.6 cm³/mol. The van der Waals surface area contributed by atoms with E-state index in [4.69, 9.17) is 29.9 Å². The molecule has 20 heavy (non-hydrogen) atoms. The molecule has 2 unspecified atom stereocenters. The maximum atomic E-state index is 8.94. The first-order valence-corrected chi connectivity index (χ1v) is 6.47. The number of para-hydroxylation sites is 1. The highest BCUT2D eigenvalue weighted by Gasteiger charge is 2.01. The fourth-order valence-corrected chi connectivity index (χ4v) is 1.07. The largest absolute Gasteiger partial charge is 0.491 e. The summed E-state index contributed by atoms with van der Waals surface area (Å²) in [5.74, 6) is 0.699. The molecule has 6 heteroatoms. The maximum Gasteiger partial charge on any atom is 0.119 e. The van der Waals surface area contributed by atoms with E-state index >= 15 is 0 Å². The second-order valence-electron chi connectivity index (χ2n) is 3.96. The Morgan fingerprint density at radius 1 is 0.950 bits per heavy atom. The normalized spacial score (nSPS) is 13.1. The van der Waals surface area contributed by atoms with E-state index in [1.54, 1.807) is 12.1 Å². The molecule has 1 aromatic rings. The van der Waals surface area contributed by atoms with E-state index in [0.717, 1.165) is 0 Å². The minimum Gasteiger partial charge on any atom is -0.491 e. The van der Waals surface area contributed by atoms with Crippen LogP contribution < -0.4 is 4.74 Å². The molecule has 1 rings (SSSR count). The van der Waals surface area contributed by atoms with Crippen molar-refractivity contribution < 1.29 is 29.9 Å². The van der Waals surface area contributed by atoms with Crippen LogP contribution in [0, 0.1) is 0 Å².